The zero-order chi connectivity index (χ0) is 13.7. The van der Waals surface area contributed by atoms with Gasteiger partial charge < -0.3 is 11.1 Å². The second kappa shape index (κ2) is 6.19. The van der Waals surface area contributed by atoms with Crippen LogP contribution in [0.2, 0.25) is 0 Å². The predicted octanol–water partition coefficient (Wildman–Crippen LogP) is 1.34. The minimum atomic E-state index is 0.0365. The molecule has 2 rings (SSSR count). The van der Waals surface area contributed by atoms with E-state index in [2.05, 4.69) is 10.4 Å². The zero-order valence-corrected chi connectivity index (χ0v) is 11.7. The Hall–Kier alpha value is -1.36. The van der Waals surface area contributed by atoms with Gasteiger partial charge in [0.1, 0.15) is 0 Å². The van der Waals surface area contributed by atoms with Crippen LogP contribution >= 0.6 is 0 Å². The molecule has 1 amide bonds. The van der Waals surface area contributed by atoms with Gasteiger partial charge in [0, 0.05) is 19.7 Å². The van der Waals surface area contributed by atoms with E-state index in [1.165, 1.54) is 19.3 Å². The van der Waals surface area contributed by atoms with Gasteiger partial charge in [-0.3, -0.25) is 9.48 Å². The molecule has 1 aromatic heterocycles. The summed E-state index contributed by atoms with van der Waals surface area (Å²) >= 11 is 0. The van der Waals surface area contributed by atoms with E-state index in [1.807, 2.05) is 13.1 Å². The first-order chi connectivity index (χ1) is 9.15. The van der Waals surface area contributed by atoms with E-state index in [4.69, 9.17) is 5.73 Å². The summed E-state index contributed by atoms with van der Waals surface area (Å²) in [5.41, 5.74) is 6.96. The Kier molecular flexibility index (Phi) is 4.58. The number of hydrogen-bond donors (Lipinski definition) is 2. The van der Waals surface area contributed by atoms with Crippen molar-refractivity contribution < 1.29 is 4.79 Å². The molecule has 3 N–H and O–H groups in total. The van der Waals surface area contributed by atoms with Crippen LogP contribution in [0.1, 0.15) is 44.2 Å². The molecule has 1 aliphatic rings. The van der Waals surface area contributed by atoms with E-state index in [0.29, 0.717) is 19.5 Å². The normalized spacial score (nSPS) is 18.2. The molecule has 1 aromatic rings. The summed E-state index contributed by atoms with van der Waals surface area (Å²) in [6.45, 7) is 1.15. The highest BCUT2D eigenvalue weighted by Crippen LogP contribution is 2.38. The number of nitrogens with two attached hydrogens (primary N) is 1. The average Bonchev–Trinajstić information content (AvgIpc) is 2.83. The third-order valence-corrected chi connectivity index (χ3v) is 4.27. The monoisotopic (exact) mass is 264 g/mol. The van der Waals surface area contributed by atoms with Gasteiger partial charge in [0.2, 0.25) is 5.91 Å². The third-order valence-electron chi connectivity index (χ3n) is 4.27. The van der Waals surface area contributed by atoms with Crippen LogP contribution in [0.5, 0.6) is 0 Å². The number of amides is 1. The van der Waals surface area contributed by atoms with Crippen molar-refractivity contribution in [2.24, 2.45) is 18.2 Å². The van der Waals surface area contributed by atoms with Crippen molar-refractivity contribution in [3.05, 3.63) is 18.0 Å². The second-order valence-corrected chi connectivity index (χ2v) is 5.66. The maximum Gasteiger partial charge on any atom is 0.220 e. The first kappa shape index (κ1) is 14.1. The van der Waals surface area contributed by atoms with Crippen molar-refractivity contribution in [3.63, 3.8) is 0 Å². The lowest BCUT2D eigenvalue weighted by molar-refractivity contribution is -0.124. The second-order valence-electron chi connectivity index (χ2n) is 5.66. The highest BCUT2D eigenvalue weighted by atomic mass is 16.1. The fourth-order valence-corrected chi connectivity index (χ4v) is 2.92. The molecule has 5 nitrogen and oxygen atoms in total. The molecule has 1 fully saturated rings. The molecule has 0 saturated heterocycles. The average molecular weight is 264 g/mol. The Morgan fingerprint density at radius 1 is 1.47 bits per heavy atom. The minimum absolute atomic E-state index is 0.0365. The minimum Gasteiger partial charge on any atom is -0.350 e. The molecule has 0 bridgehead atoms. The maximum atomic E-state index is 12.1. The number of rotatable bonds is 5. The van der Waals surface area contributed by atoms with Gasteiger partial charge in [-0.2, -0.15) is 5.10 Å². The fourth-order valence-electron chi connectivity index (χ4n) is 2.92. The van der Waals surface area contributed by atoms with Gasteiger partial charge in [-0.05, 0) is 30.9 Å². The molecule has 1 heterocycles. The lowest BCUT2D eigenvalue weighted by Gasteiger charge is -2.35. The van der Waals surface area contributed by atoms with Crippen molar-refractivity contribution >= 4 is 5.91 Å². The van der Waals surface area contributed by atoms with E-state index in [-0.39, 0.29) is 11.3 Å². The SMILES string of the molecule is Cn1nccc1CNC(=O)CC1(CN)CCCCC1. The Labute approximate surface area is 114 Å². The van der Waals surface area contributed by atoms with Gasteiger partial charge in [-0.1, -0.05) is 19.3 Å². The van der Waals surface area contributed by atoms with E-state index >= 15 is 0 Å². The molecule has 0 unspecified atom stereocenters. The van der Waals surface area contributed by atoms with Crippen molar-refractivity contribution in [2.45, 2.75) is 45.1 Å². The van der Waals surface area contributed by atoms with Gasteiger partial charge in [0.25, 0.3) is 0 Å². The van der Waals surface area contributed by atoms with E-state index in [9.17, 15) is 4.79 Å². The van der Waals surface area contributed by atoms with Gasteiger partial charge in [-0.15, -0.1) is 0 Å². The van der Waals surface area contributed by atoms with Crippen molar-refractivity contribution in [3.8, 4) is 0 Å². The largest absolute Gasteiger partial charge is 0.350 e. The summed E-state index contributed by atoms with van der Waals surface area (Å²) < 4.78 is 1.78. The predicted molar refractivity (Wildman–Crippen MR) is 74.2 cm³/mol. The van der Waals surface area contributed by atoms with Crippen molar-refractivity contribution in [1.82, 2.24) is 15.1 Å². The lowest BCUT2D eigenvalue weighted by atomic mass is 9.71. The number of nitrogens with zero attached hydrogens (tertiary/aromatic N) is 2. The molecule has 19 heavy (non-hydrogen) atoms. The van der Waals surface area contributed by atoms with Crippen LogP contribution in [0, 0.1) is 5.41 Å². The fraction of sp³-hybridized carbons (Fsp3) is 0.714. The molecular formula is C14H24N4O. The maximum absolute atomic E-state index is 12.1. The molecule has 0 atom stereocenters. The lowest BCUT2D eigenvalue weighted by Crippen LogP contribution is -2.38. The molecule has 5 heteroatoms. The van der Waals surface area contributed by atoms with Crippen LogP contribution in [0.3, 0.4) is 0 Å². The summed E-state index contributed by atoms with van der Waals surface area (Å²) in [5.74, 6) is 0.105. The van der Waals surface area contributed by atoms with Crippen molar-refractivity contribution in [1.29, 1.82) is 0 Å². The smallest absolute Gasteiger partial charge is 0.220 e. The van der Waals surface area contributed by atoms with Gasteiger partial charge >= 0.3 is 0 Å². The third kappa shape index (κ3) is 3.56. The number of aromatic nitrogens is 2. The van der Waals surface area contributed by atoms with Crippen LogP contribution in [0.15, 0.2) is 12.3 Å². The Morgan fingerprint density at radius 3 is 2.79 bits per heavy atom. The van der Waals surface area contributed by atoms with Gasteiger partial charge in [0.05, 0.1) is 12.2 Å². The number of carbonyl (C=O) groups excluding carboxylic acids is 1. The summed E-state index contributed by atoms with van der Waals surface area (Å²) in [5, 5.41) is 7.06. The number of hydrogen-bond acceptors (Lipinski definition) is 3. The molecule has 1 saturated carbocycles. The van der Waals surface area contributed by atoms with E-state index in [0.717, 1.165) is 18.5 Å². The molecule has 1 aliphatic carbocycles. The van der Waals surface area contributed by atoms with Crippen LogP contribution in [-0.4, -0.2) is 22.2 Å². The highest BCUT2D eigenvalue weighted by Gasteiger charge is 2.32. The Bertz CT molecular complexity index is 421. The molecule has 106 valence electrons. The molecule has 0 spiro atoms. The molecule has 0 aliphatic heterocycles. The highest BCUT2D eigenvalue weighted by molar-refractivity contribution is 5.76. The topological polar surface area (TPSA) is 72.9 Å². The summed E-state index contributed by atoms with van der Waals surface area (Å²) in [4.78, 5) is 12.1. The molecule has 0 aromatic carbocycles. The molecule has 0 radical (unpaired) electrons. The summed E-state index contributed by atoms with van der Waals surface area (Å²) in [7, 11) is 1.88. The van der Waals surface area contributed by atoms with Gasteiger partial charge in [0.15, 0.2) is 0 Å². The van der Waals surface area contributed by atoms with Crippen LogP contribution in [0.4, 0.5) is 0 Å². The Balaban J connectivity index is 1.84. The Morgan fingerprint density at radius 2 is 2.21 bits per heavy atom. The van der Waals surface area contributed by atoms with Crippen molar-refractivity contribution in [2.75, 3.05) is 6.54 Å². The molecular weight excluding hydrogens is 240 g/mol. The van der Waals surface area contributed by atoms with Crippen LogP contribution in [0.25, 0.3) is 0 Å². The number of nitrogens with one attached hydrogen (secondary N) is 1. The van der Waals surface area contributed by atoms with E-state index < -0.39 is 0 Å². The van der Waals surface area contributed by atoms with Gasteiger partial charge in [-0.25, -0.2) is 0 Å². The standard InChI is InChI=1S/C14H24N4O/c1-18-12(5-8-17-18)10-16-13(19)9-14(11-15)6-3-2-4-7-14/h5,8H,2-4,6-7,9-11,15H2,1H3,(H,16,19). The quantitative estimate of drug-likeness (QED) is 0.843. The first-order valence-corrected chi connectivity index (χ1v) is 7.09. The number of carbonyl (C=O) groups is 1. The van der Waals surface area contributed by atoms with Crippen LogP contribution in [-0.2, 0) is 18.4 Å². The first-order valence-electron chi connectivity index (χ1n) is 7.09. The summed E-state index contributed by atoms with van der Waals surface area (Å²) in [6, 6.07) is 1.92. The van der Waals surface area contributed by atoms with Crippen LogP contribution < -0.4 is 11.1 Å². The number of aryl methyl sites for hydroxylation is 1. The van der Waals surface area contributed by atoms with E-state index in [1.54, 1.807) is 10.9 Å². The zero-order valence-electron chi connectivity index (χ0n) is 11.7. The summed E-state index contributed by atoms with van der Waals surface area (Å²) in [6.07, 6.45) is 8.15.